The quantitative estimate of drug-likeness (QED) is 0.207. The molecule has 0 aromatic heterocycles. The first-order chi connectivity index (χ1) is 25.4. The molecule has 4 heterocycles. The molecule has 4 N–H and O–H groups in total. The molecule has 1 spiro atoms. The van der Waals surface area contributed by atoms with Crippen molar-refractivity contribution in [3.63, 3.8) is 0 Å². The predicted octanol–water partition coefficient (Wildman–Crippen LogP) is 5.91. The largest absolute Gasteiger partial charge is 0.462 e. The van der Waals surface area contributed by atoms with E-state index in [1.807, 2.05) is 36.4 Å². The maximum atomic E-state index is 14.1. The summed E-state index contributed by atoms with van der Waals surface area (Å²) in [7, 11) is 1.58. The average molecular weight is 735 g/mol. The molecule has 11 nitrogen and oxygen atoms in total. The number of anilines is 1. The molecule has 11 heteroatoms. The van der Waals surface area contributed by atoms with E-state index >= 15 is 0 Å². The molecule has 1 aromatic rings. The lowest BCUT2D eigenvalue weighted by Crippen LogP contribution is -2.58. The molecular weight excluding hydrogens is 676 g/mol. The van der Waals surface area contributed by atoms with Crippen LogP contribution in [-0.4, -0.2) is 90.5 Å². The summed E-state index contributed by atoms with van der Waals surface area (Å²) in [6, 6.07) is 7.45. The van der Waals surface area contributed by atoms with Gasteiger partial charge in [-0.2, -0.15) is 0 Å². The molecule has 53 heavy (non-hydrogen) atoms. The maximum absolute atomic E-state index is 14.1. The lowest BCUT2D eigenvalue weighted by atomic mass is 9.71. The van der Waals surface area contributed by atoms with Gasteiger partial charge in [0.05, 0.1) is 31.5 Å². The number of urea groups is 1. The van der Waals surface area contributed by atoms with Crippen molar-refractivity contribution in [1.29, 1.82) is 0 Å². The zero-order valence-corrected chi connectivity index (χ0v) is 32.0. The number of fused-ring (bicyclic) bond motifs is 2. The Morgan fingerprint density at radius 1 is 1.09 bits per heavy atom. The number of allylic oxidation sites excluding steroid dienone is 2. The third kappa shape index (κ3) is 8.50. The van der Waals surface area contributed by atoms with E-state index in [0.717, 1.165) is 24.0 Å². The number of esters is 1. The molecule has 1 aromatic carbocycles. The van der Waals surface area contributed by atoms with Crippen molar-refractivity contribution in [2.45, 2.75) is 128 Å². The fourth-order valence-corrected chi connectivity index (χ4v) is 8.70. The lowest BCUT2D eigenvalue weighted by Gasteiger charge is -2.50. The van der Waals surface area contributed by atoms with Crippen LogP contribution in [0.5, 0.6) is 0 Å². The minimum atomic E-state index is -1.77. The molecule has 290 valence electrons. The van der Waals surface area contributed by atoms with E-state index in [0.29, 0.717) is 61.5 Å². The number of aliphatic hydroxyl groups is 2. The third-order valence-corrected chi connectivity index (χ3v) is 11.9. The van der Waals surface area contributed by atoms with Gasteiger partial charge in [0.2, 0.25) is 0 Å². The molecule has 0 saturated carbocycles. The molecule has 6 rings (SSSR count). The van der Waals surface area contributed by atoms with Gasteiger partial charge in [-0.05, 0) is 79.9 Å². The normalized spacial score (nSPS) is 40.1. The Morgan fingerprint density at radius 2 is 1.87 bits per heavy atom. The molecule has 0 unspecified atom stereocenters. The number of nitrogens with one attached hydrogen (secondary N) is 2. The van der Waals surface area contributed by atoms with Gasteiger partial charge in [0.15, 0.2) is 5.79 Å². The summed E-state index contributed by atoms with van der Waals surface area (Å²) in [5, 5.41) is 28.8. The number of rotatable bonds is 6. The molecule has 2 bridgehead atoms. The number of hydrogen-bond acceptors (Lipinski definition) is 9. The summed E-state index contributed by atoms with van der Waals surface area (Å²) in [5.41, 5.74) is 2.16. The molecule has 0 radical (unpaired) electrons. The van der Waals surface area contributed by atoms with E-state index < -0.39 is 41.6 Å². The second kappa shape index (κ2) is 16.6. The topological polar surface area (TPSA) is 145 Å². The Kier molecular flexibility index (Phi) is 12.3. The van der Waals surface area contributed by atoms with E-state index in [-0.39, 0.29) is 36.9 Å². The van der Waals surface area contributed by atoms with Crippen molar-refractivity contribution in [1.82, 2.24) is 5.32 Å². The van der Waals surface area contributed by atoms with Gasteiger partial charge in [-0.3, -0.25) is 4.79 Å². The van der Waals surface area contributed by atoms with Crippen molar-refractivity contribution in [3.8, 4) is 0 Å². The Balaban J connectivity index is 1.29. The standard InChI is InChI=1S/C42H58N2O9/c1-7-35-25(2)17-19-41(53-35)23-33-22-32(52-41)16-11-27(4)37(49-20-18-29-12-14-31(15-13-29)44-40(47)43-6)26(3)9-8-10-30-24-50-38-36(45)28(5)21-34(39(46)51-33)42(30,38)48/h8-15,21,25-26,32-38,45,48H,7,16-20,22-24H2,1-6H3,(H2,43,44,47)/b9-8+,27-11+,30-10+/t25-,26-,32+,33-,34-,35+,36+,37+,38+,41+,42+/m0/s1. The molecule has 2 amide bonds. The van der Waals surface area contributed by atoms with Crippen LogP contribution >= 0.6 is 0 Å². The van der Waals surface area contributed by atoms with Crippen LogP contribution in [0, 0.1) is 17.8 Å². The second-order valence-corrected chi connectivity index (χ2v) is 15.7. The van der Waals surface area contributed by atoms with Crippen LogP contribution in [0.1, 0.15) is 78.7 Å². The van der Waals surface area contributed by atoms with Crippen LogP contribution in [-0.2, 0) is 34.9 Å². The van der Waals surface area contributed by atoms with E-state index in [1.54, 1.807) is 26.1 Å². The van der Waals surface area contributed by atoms with Crippen LogP contribution in [0.25, 0.3) is 0 Å². The highest BCUT2D eigenvalue weighted by Crippen LogP contribution is 2.47. The first kappa shape index (κ1) is 39.4. The fourth-order valence-electron chi connectivity index (χ4n) is 8.70. The monoisotopic (exact) mass is 734 g/mol. The Labute approximate surface area is 313 Å². The van der Waals surface area contributed by atoms with Crippen LogP contribution in [0.15, 0.2) is 71.4 Å². The van der Waals surface area contributed by atoms with Gasteiger partial charge < -0.3 is 44.5 Å². The summed E-state index contributed by atoms with van der Waals surface area (Å²) in [6.45, 7) is 10.8. The highest BCUT2D eigenvalue weighted by atomic mass is 16.7. The number of amides is 2. The summed E-state index contributed by atoms with van der Waals surface area (Å²) in [5.74, 6) is -2.13. The van der Waals surface area contributed by atoms with Gasteiger partial charge in [-0.15, -0.1) is 0 Å². The smallest absolute Gasteiger partial charge is 0.318 e. The number of ether oxygens (including phenoxy) is 5. The fraction of sp³-hybridized carbons (Fsp3) is 0.619. The minimum absolute atomic E-state index is 0.0397. The molecule has 5 aliphatic rings. The SMILES string of the molecule is CC[C@H]1O[C@]2(CC[C@@H]1C)C[C@@H]1C[C@@H](C/C=C(\C)[C@H](OCCc3ccc(NC(=O)NC)cc3)[C@@H](C)/C=C/C=C3\CO[C@@H]4[C@H](O)C(C)=C[C@@H](C(=O)O1)[C@]34O)O2. The summed E-state index contributed by atoms with van der Waals surface area (Å²) in [4.78, 5) is 25.8. The van der Waals surface area contributed by atoms with Crippen molar-refractivity contribution in [2.75, 3.05) is 25.6 Å². The third-order valence-electron chi connectivity index (χ3n) is 11.9. The number of benzene rings is 1. The Morgan fingerprint density at radius 3 is 2.60 bits per heavy atom. The highest BCUT2D eigenvalue weighted by molar-refractivity contribution is 5.88. The molecule has 3 fully saturated rings. The van der Waals surface area contributed by atoms with Crippen LogP contribution in [0.4, 0.5) is 10.5 Å². The molecule has 11 atom stereocenters. The van der Waals surface area contributed by atoms with Gasteiger partial charge in [-0.25, -0.2) is 4.79 Å². The van der Waals surface area contributed by atoms with Crippen molar-refractivity contribution in [2.24, 2.45) is 17.8 Å². The highest BCUT2D eigenvalue weighted by Gasteiger charge is 2.60. The van der Waals surface area contributed by atoms with Crippen LogP contribution < -0.4 is 10.6 Å². The number of aliphatic hydroxyl groups excluding tert-OH is 1. The van der Waals surface area contributed by atoms with Gasteiger partial charge in [0.25, 0.3) is 0 Å². The van der Waals surface area contributed by atoms with Crippen LogP contribution in [0.2, 0.25) is 0 Å². The predicted molar refractivity (Wildman–Crippen MR) is 201 cm³/mol. The second-order valence-electron chi connectivity index (χ2n) is 15.7. The van der Waals surface area contributed by atoms with E-state index in [2.05, 4.69) is 44.4 Å². The zero-order chi connectivity index (χ0) is 37.9. The maximum Gasteiger partial charge on any atom is 0.318 e. The zero-order valence-electron chi connectivity index (χ0n) is 32.0. The number of carbonyl (C=O) groups excluding carboxylic acids is 2. The van der Waals surface area contributed by atoms with Gasteiger partial charge in [0, 0.05) is 37.9 Å². The van der Waals surface area contributed by atoms with Gasteiger partial charge in [0.1, 0.15) is 29.8 Å². The van der Waals surface area contributed by atoms with Crippen molar-refractivity contribution >= 4 is 17.7 Å². The van der Waals surface area contributed by atoms with Crippen LogP contribution in [0.3, 0.4) is 0 Å². The number of hydrogen-bond donors (Lipinski definition) is 4. The Hall–Kier alpha value is -3.32. The summed E-state index contributed by atoms with van der Waals surface area (Å²) in [6.07, 6.45) is 11.2. The summed E-state index contributed by atoms with van der Waals surface area (Å²) < 4.78 is 32.5. The lowest BCUT2D eigenvalue weighted by molar-refractivity contribution is -0.335. The van der Waals surface area contributed by atoms with E-state index in [1.165, 1.54) is 0 Å². The number of carbonyl (C=O) groups is 2. The van der Waals surface area contributed by atoms with Gasteiger partial charge >= 0.3 is 12.0 Å². The molecule has 4 aliphatic heterocycles. The molecule has 3 saturated heterocycles. The van der Waals surface area contributed by atoms with Gasteiger partial charge in [-0.1, -0.05) is 63.3 Å². The van der Waals surface area contributed by atoms with E-state index in [4.69, 9.17) is 23.7 Å². The first-order valence-electron chi connectivity index (χ1n) is 19.4. The Bertz CT molecular complexity index is 1600. The average Bonchev–Trinajstić information content (AvgIpc) is 3.48. The van der Waals surface area contributed by atoms with E-state index in [9.17, 15) is 19.8 Å². The molecule has 1 aliphatic carbocycles. The first-order valence-corrected chi connectivity index (χ1v) is 19.4. The van der Waals surface area contributed by atoms with Crippen molar-refractivity contribution < 1.29 is 43.5 Å². The summed E-state index contributed by atoms with van der Waals surface area (Å²) >= 11 is 0. The minimum Gasteiger partial charge on any atom is -0.462 e. The molecular formula is C42H58N2O9. The van der Waals surface area contributed by atoms with Crippen molar-refractivity contribution in [3.05, 3.63) is 76.9 Å².